The number of nitrogens with zero attached hydrogens (tertiary/aromatic N) is 2. The van der Waals surface area contributed by atoms with E-state index in [9.17, 15) is 9.59 Å². The highest BCUT2D eigenvalue weighted by molar-refractivity contribution is 5.87. The SMILES string of the molecule is COc1ccc2c(c1)C1(CCNC(=O)[C@@H]3CCCN3C(C)=O)CCN(CC3CC3)[C@H](C2)[C@@H]1C. The Labute approximate surface area is 198 Å². The van der Waals surface area contributed by atoms with Crippen molar-refractivity contribution in [3.05, 3.63) is 29.3 Å². The summed E-state index contributed by atoms with van der Waals surface area (Å²) in [5, 5.41) is 3.21. The lowest BCUT2D eigenvalue weighted by atomic mass is 9.56. The normalized spacial score (nSPS) is 31.2. The minimum absolute atomic E-state index is 0.000884. The molecule has 1 aromatic rings. The van der Waals surface area contributed by atoms with Gasteiger partial charge in [-0.3, -0.25) is 14.5 Å². The molecule has 1 N–H and O–H groups in total. The van der Waals surface area contributed by atoms with Gasteiger partial charge in [0, 0.05) is 38.0 Å². The first-order valence-electron chi connectivity index (χ1n) is 12.9. The lowest BCUT2D eigenvalue weighted by molar-refractivity contribution is -0.136. The quantitative estimate of drug-likeness (QED) is 0.689. The van der Waals surface area contributed by atoms with Gasteiger partial charge in [-0.25, -0.2) is 0 Å². The van der Waals surface area contributed by atoms with Crippen molar-refractivity contribution >= 4 is 11.8 Å². The zero-order valence-corrected chi connectivity index (χ0v) is 20.4. The average molecular weight is 454 g/mol. The maximum atomic E-state index is 12.9. The molecule has 1 saturated carbocycles. The molecular formula is C27H39N3O3. The fourth-order valence-electron chi connectivity index (χ4n) is 6.95. The van der Waals surface area contributed by atoms with Crippen LogP contribution in [0.3, 0.4) is 0 Å². The zero-order chi connectivity index (χ0) is 23.2. The van der Waals surface area contributed by atoms with E-state index < -0.39 is 0 Å². The molecule has 3 fully saturated rings. The smallest absolute Gasteiger partial charge is 0.242 e. The maximum absolute atomic E-state index is 12.9. The monoisotopic (exact) mass is 453 g/mol. The molecule has 2 bridgehead atoms. The molecule has 4 atom stereocenters. The van der Waals surface area contributed by atoms with Crippen LogP contribution < -0.4 is 10.1 Å². The summed E-state index contributed by atoms with van der Waals surface area (Å²) in [5.74, 6) is 2.36. The van der Waals surface area contributed by atoms with E-state index in [0.717, 1.165) is 50.3 Å². The third-order valence-electron chi connectivity index (χ3n) is 9.07. The van der Waals surface area contributed by atoms with Gasteiger partial charge < -0.3 is 15.0 Å². The molecule has 5 rings (SSSR count). The summed E-state index contributed by atoms with van der Waals surface area (Å²) < 4.78 is 5.61. The molecule has 4 aliphatic rings. The summed E-state index contributed by atoms with van der Waals surface area (Å²) in [6, 6.07) is 6.89. The van der Waals surface area contributed by atoms with Gasteiger partial charge in [0.25, 0.3) is 0 Å². The summed E-state index contributed by atoms with van der Waals surface area (Å²) in [4.78, 5) is 29.3. The molecule has 2 aliphatic heterocycles. The average Bonchev–Trinajstić information content (AvgIpc) is 3.47. The number of carbonyl (C=O) groups is 2. The number of hydrogen-bond acceptors (Lipinski definition) is 4. The van der Waals surface area contributed by atoms with E-state index in [2.05, 4.69) is 35.3 Å². The number of likely N-dealkylation sites (tertiary alicyclic amines) is 2. The van der Waals surface area contributed by atoms with E-state index >= 15 is 0 Å². The van der Waals surface area contributed by atoms with Crippen molar-refractivity contribution in [2.75, 3.05) is 33.3 Å². The topological polar surface area (TPSA) is 61.9 Å². The van der Waals surface area contributed by atoms with Crippen LogP contribution in [0.25, 0.3) is 0 Å². The largest absolute Gasteiger partial charge is 0.497 e. The standard InChI is InChI=1S/C27H39N3O3/c1-18-25-15-21-8-9-22(33-3)16-23(21)27(18,11-14-29(25)17-20-6-7-20)10-12-28-26(32)24-5-4-13-30(24)19(2)31/h8-9,16,18,20,24-25H,4-7,10-15,17H2,1-3H3,(H,28,32)/t18-,24-,25+,27?/m0/s1. The Morgan fingerprint density at radius 1 is 1.21 bits per heavy atom. The number of hydrogen-bond donors (Lipinski definition) is 1. The second kappa shape index (κ2) is 8.94. The number of rotatable bonds is 7. The molecule has 2 amide bonds. The van der Waals surface area contributed by atoms with Crippen molar-refractivity contribution in [3.63, 3.8) is 0 Å². The Hall–Kier alpha value is -2.08. The lowest BCUT2D eigenvalue weighted by Gasteiger charge is -2.56. The van der Waals surface area contributed by atoms with Crippen LogP contribution in [0, 0.1) is 11.8 Å². The van der Waals surface area contributed by atoms with E-state index in [1.54, 1.807) is 18.9 Å². The lowest BCUT2D eigenvalue weighted by Crippen LogP contribution is -2.60. The molecule has 2 saturated heterocycles. The molecular weight excluding hydrogens is 414 g/mol. The number of ether oxygens (including phenoxy) is 1. The summed E-state index contributed by atoms with van der Waals surface area (Å²) in [7, 11) is 1.74. The van der Waals surface area contributed by atoms with Crippen LogP contribution in [0.15, 0.2) is 18.2 Å². The van der Waals surface area contributed by atoms with Crippen molar-refractivity contribution in [1.82, 2.24) is 15.1 Å². The third-order valence-corrected chi connectivity index (χ3v) is 9.07. The van der Waals surface area contributed by atoms with Crippen molar-refractivity contribution in [2.24, 2.45) is 11.8 Å². The van der Waals surface area contributed by atoms with Crippen LogP contribution in [-0.2, 0) is 21.4 Å². The van der Waals surface area contributed by atoms with Gasteiger partial charge in [0.15, 0.2) is 0 Å². The third kappa shape index (κ3) is 4.16. The van der Waals surface area contributed by atoms with Gasteiger partial charge in [0.1, 0.15) is 11.8 Å². The van der Waals surface area contributed by atoms with Gasteiger partial charge in [-0.05, 0) is 86.6 Å². The summed E-state index contributed by atoms with van der Waals surface area (Å²) >= 11 is 0. The fourth-order valence-corrected chi connectivity index (χ4v) is 6.95. The molecule has 6 heteroatoms. The van der Waals surface area contributed by atoms with Crippen LogP contribution in [0.2, 0.25) is 0 Å². The predicted molar refractivity (Wildman–Crippen MR) is 128 cm³/mol. The number of fused-ring (bicyclic) bond motifs is 4. The van der Waals surface area contributed by atoms with E-state index in [1.807, 2.05) is 0 Å². The fraction of sp³-hybridized carbons (Fsp3) is 0.704. The molecule has 0 spiro atoms. The molecule has 0 aromatic heterocycles. The molecule has 2 aliphatic carbocycles. The molecule has 33 heavy (non-hydrogen) atoms. The number of nitrogens with one attached hydrogen (secondary N) is 1. The van der Waals surface area contributed by atoms with E-state index in [4.69, 9.17) is 4.74 Å². The van der Waals surface area contributed by atoms with Crippen LogP contribution in [-0.4, -0.2) is 67.0 Å². The number of amides is 2. The highest BCUT2D eigenvalue weighted by Crippen LogP contribution is 2.52. The Morgan fingerprint density at radius 3 is 2.76 bits per heavy atom. The molecule has 1 unspecified atom stereocenters. The van der Waals surface area contributed by atoms with E-state index in [1.165, 1.54) is 30.5 Å². The first-order chi connectivity index (χ1) is 15.9. The molecule has 2 heterocycles. The molecule has 180 valence electrons. The predicted octanol–water partition coefficient (Wildman–Crippen LogP) is 3.13. The Kier molecular flexibility index (Phi) is 6.15. The number of benzene rings is 1. The molecule has 1 aromatic carbocycles. The molecule has 0 radical (unpaired) electrons. The van der Waals surface area contributed by atoms with E-state index in [-0.39, 0.29) is 23.3 Å². The van der Waals surface area contributed by atoms with E-state index in [0.29, 0.717) is 25.0 Å². The van der Waals surface area contributed by atoms with Gasteiger partial charge >= 0.3 is 0 Å². The summed E-state index contributed by atoms with van der Waals surface area (Å²) in [6.45, 7) is 7.72. The Morgan fingerprint density at radius 2 is 2.03 bits per heavy atom. The minimum atomic E-state index is -0.302. The zero-order valence-electron chi connectivity index (χ0n) is 20.4. The van der Waals surface area contributed by atoms with Crippen LogP contribution in [0.4, 0.5) is 0 Å². The second-order valence-electron chi connectivity index (χ2n) is 10.8. The number of methoxy groups -OCH3 is 1. The maximum Gasteiger partial charge on any atom is 0.242 e. The van der Waals surface area contributed by atoms with Gasteiger partial charge in [-0.2, -0.15) is 0 Å². The van der Waals surface area contributed by atoms with Gasteiger partial charge in [0.05, 0.1) is 7.11 Å². The first-order valence-corrected chi connectivity index (χ1v) is 12.9. The van der Waals surface area contributed by atoms with Crippen molar-refractivity contribution in [3.8, 4) is 5.75 Å². The molecule has 6 nitrogen and oxygen atoms in total. The van der Waals surface area contributed by atoms with Crippen molar-refractivity contribution in [2.45, 2.75) is 76.3 Å². The van der Waals surface area contributed by atoms with Crippen LogP contribution in [0.1, 0.15) is 63.5 Å². The minimum Gasteiger partial charge on any atom is -0.497 e. The van der Waals surface area contributed by atoms with Crippen LogP contribution in [0.5, 0.6) is 5.75 Å². The Balaban J connectivity index is 1.35. The number of piperidine rings is 1. The van der Waals surface area contributed by atoms with Gasteiger partial charge in [-0.1, -0.05) is 13.0 Å². The Bertz CT molecular complexity index is 914. The van der Waals surface area contributed by atoms with Crippen molar-refractivity contribution < 1.29 is 14.3 Å². The van der Waals surface area contributed by atoms with Gasteiger partial charge in [0.2, 0.25) is 11.8 Å². The van der Waals surface area contributed by atoms with Crippen LogP contribution >= 0.6 is 0 Å². The highest BCUT2D eigenvalue weighted by Gasteiger charge is 2.51. The summed E-state index contributed by atoms with van der Waals surface area (Å²) in [5.41, 5.74) is 2.93. The first kappa shape index (κ1) is 22.7. The second-order valence-corrected chi connectivity index (χ2v) is 10.8. The summed E-state index contributed by atoms with van der Waals surface area (Å²) in [6.07, 6.45) is 7.62. The number of carbonyl (C=O) groups excluding carboxylic acids is 2. The highest BCUT2D eigenvalue weighted by atomic mass is 16.5. The van der Waals surface area contributed by atoms with Crippen molar-refractivity contribution in [1.29, 1.82) is 0 Å². The van der Waals surface area contributed by atoms with Gasteiger partial charge in [-0.15, -0.1) is 0 Å².